The number of hydrogen-bond acceptors (Lipinski definition) is 3. The van der Waals surface area contributed by atoms with E-state index in [1.807, 2.05) is 0 Å². The summed E-state index contributed by atoms with van der Waals surface area (Å²) in [6.07, 6.45) is 5.77. The molecule has 0 rings (SSSR count). The molecular formula is C10H23NO2. The Morgan fingerprint density at radius 1 is 0.846 bits per heavy atom. The molecule has 0 spiro atoms. The Kier molecular flexibility index (Phi) is 11.8. The topological polar surface area (TPSA) is 44.5 Å². The van der Waals surface area contributed by atoms with Crippen molar-refractivity contribution in [3.63, 3.8) is 0 Å². The second-order valence-electron chi connectivity index (χ2n) is 3.16. The molecule has 0 aliphatic heterocycles. The van der Waals surface area contributed by atoms with Crippen LogP contribution in [0, 0.1) is 0 Å². The van der Waals surface area contributed by atoms with Gasteiger partial charge in [0.25, 0.3) is 0 Å². The van der Waals surface area contributed by atoms with E-state index in [2.05, 4.69) is 0 Å². The van der Waals surface area contributed by atoms with Crippen molar-refractivity contribution in [3.8, 4) is 0 Å². The highest BCUT2D eigenvalue weighted by Gasteiger charge is 1.90. The first-order valence-electron chi connectivity index (χ1n) is 5.18. The minimum absolute atomic E-state index is 0.799. The van der Waals surface area contributed by atoms with Crippen molar-refractivity contribution < 1.29 is 9.47 Å². The quantitative estimate of drug-likeness (QED) is 0.530. The lowest BCUT2D eigenvalue weighted by molar-refractivity contribution is 0.100. The van der Waals surface area contributed by atoms with Crippen molar-refractivity contribution in [1.82, 2.24) is 0 Å². The highest BCUT2D eigenvalue weighted by molar-refractivity contribution is 4.43. The highest BCUT2D eigenvalue weighted by Crippen LogP contribution is 1.98. The van der Waals surface area contributed by atoms with Crippen molar-refractivity contribution in [2.24, 2.45) is 5.73 Å². The van der Waals surface area contributed by atoms with Gasteiger partial charge in [0.05, 0.1) is 0 Å². The van der Waals surface area contributed by atoms with Crippen molar-refractivity contribution in [1.29, 1.82) is 0 Å². The zero-order valence-electron chi connectivity index (χ0n) is 8.76. The van der Waals surface area contributed by atoms with Crippen molar-refractivity contribution in [3.05, 3.63) is 0 Å². The minimum atomic E-state index is 0.799. The van der Waals surface area contributed by atoms with Crippen molar-refractivity contribution in [2.75, 3.05) is 33.5 Å². The number of methoxy groups -OCH3 is 1. The lowest BCUT2D eigenvalue weighted by Crippen LogP contribution is -2.01. The van der Waals surface area contributed by atoms with Gasteiger partial charge in [0.1, 0.15) is 0 Å². The van der Waals surface area contributed by atoms with Gasteiger partial charge < -0.3 is 15.2 Å². The fourth-order valence-electron chi connectivity index (χ4n) is 1.11. The third kappa shape index (κ3) is 11.9. The predicted octanol–water partition coefficient (Wildman–Crippen LogP) is 1.56. The lowest BCUT2D eigenvalue weighted by Gasteiger charge is -2.03. The molecular weight excluding hydrogens is 166 g/mol. The molecule has 0 unspecified atom stereocenters. The summed E-state index contributed by atoms with van der Waals surface area (Å²) in [7, 11) is 1.72. The summed E-state index contributed by atoms with van der Waals surface area (Å²) in [5.41, 5.74) is 5.38. The van der Waals surface area contributed by atoms with Gasteiger partial charge in [-0.2, -0.15) is 0 Å². The molecule has 0 radical (unpaired) electrons. The third-order valence-corrected chi connectivity index (χ3v) is 1.88. The average Bonchev–Trinajstić information content (AvgIpc) is 2.16. The summed E-state index contributed by atoms with van der Waals surface area (Å²) >= 11 is 0. The van der Waals surface area contributed by atoms with Crippen LogP contribution < -0.4 is 5.73 Å². The summed E-state index contributed by atoms with van der Waals surface area (Å²) in [6.45, 7) is 3.32. The van der Waals surface area contributed by atoms with Crippen LogP contribution in [0.3, 0.4) is 0 Å². The van der Waals surface area contributed by atoms with E-state index in [4.69, 9.17) is 15.2 Å². The molecule has 0 aromatic heterocycles. The van der Waals surface area contributed by atoms with Crippen LogP contribution in [-0.4, -0.2) is 33.5 Å². The fourth-order valence-corrected chi connectivity index (χ4v) is 1.11. The van der Waals surface area contributed by atoms with E-state index >= 15 is 0 Å². The number of unbranched alkanes of at least 4 members (excludes halogenated alkanes) is 3. The molecule has 0 amide bonds. The zero-order chi connectivity index (χ0) is 9.78. The molecule has 0 heterocycles. The van der Waals surface area contributed by atoms with Gasteiger partial charge in [0, 0.05) is 26.9 Å². The standard InChI is InChI=1S/C10H23NO2/c1-12-8-6-10-13-9-5-3-2-4-7-11/h2-11H2,1H3. The Hall–Kier alpha value is -0.120. The maximum Gasteiger partial charge on any atom is 0.0487 e. The summed E-state index contributed by atoms with van der Waals surface area (Å²) in [5.74, 6) is 0. The maximum absolute atomic E-state index is 5.40. The molecule has 13 heavy (non-hydrogen) atoms. The van der Waals surface area contributed by atoms with Crippen LogP contribution in [0.2, 0.25) is 0 Å². The van der Waals surface area contributed by atoms with Gasteiger partial charge in [-0.1, -0.05) is 12.8 Å². The Morgan fingerprint density at radius 3 is 2.23 bits per heavy atom. The van der Waals surface area contributed by atoms with E-state index in [0.29, 0.717) is 0 Å². The second kappa shape index (κ2) is 11.9. The smallest absolute Gasteiger partial charge is 0.0487 e. The maximum atomic E-state index is 5.40. The molecule has 0 aromatic carbocycles. The molecule has 80 valence electrons. The minimum Gasteiger partial charge on any atom is -0.385 e. The first kappa shape index (κ1) is 12.9. The predicted molar refractivity (Wildman–Crippen MR) is 54.8 cm³/mol. The summed E-state index contributed by atoms with van der Waals surface area (Å²) in [4.78, 5) is 0. The van der Waals surface area contributed by atoms with Crippen LogP contribution in [0.5, 0.6) is 0 Å². The van der Waals surface area contributed by atoms with Crippen molar-refractivity contribution in [2.45, 2.75) is 32.1 Å². The fraction of sp³-hybridized carbons (Fsp3) is 1.00. The third-order valence-electron chi connectivity index (χ3n) is 1.88. The Morgan fingerprint density at radius 2 is 1.54 bits per heavy atom. The second-order valence-corrected chi connectivity index (χ2v) is 3.16. The van der Waals surface area contributed by atoms with Gasteiger partial charge in [-0.25, -0.2) is 0 Å². The van der Waals surface area contributed by atoms with Crippen molar-refractivity contribution >= 4 is 0 Å². The van der Waals surface area contributed by atoms with Gasteiger partial charge in [-0.15, -0.1) is 0 Å². The van der Waals surface area contributed by atoms with Gasteiger partial charge in [-0.05, 0) is 25.8 Å². The van der Waals surface area contributed by atoms with Crippen LogP contribution in [-0.2, 0) is 9.47 Å². The summed E-state index contributed by atoms with van der Waals surface area (Å²) in [5, 5.41) is 0. The molecule has 0 aliphatic carbocycles. The summed E-state index contributed by atoms with van der Waals surface area (Å²) < 4.78 is 10.3. The Labute approximate surface area is 81.6 Å². The van der Waals surface area contributed by atoms with Gasteiger partial charge >= 0.3 is 0 Å². The van der Waals surface area contributed by atoms with E-state index in [1.165, 1.54) is 12.8 Å². The van der Waals surface area contributed by atoms with Crippen LogP contribution in [0.25, 0.3) is 0 Å². The largest absolute Gasteiger partial charge is 0.385 e. The van der Waals surface area contributed by atoms with E-state index in [9.17, 15) is 0 Å². The molecule has 0 bridgehead atoms. The lowest BCUT2D eigenvalue weighted by atomic mass is 10.2. The SMILES string of the molecule is COCCCOCCCCCCN. The van der Waals surface area contributed by atoms with Crippen LogP contribution >= 0.6 is 0 Å². The van der Waals surface area contributed by atoms with Gasteiger partial charge in [0.2, 0.25) is 0 Å². The van der Waals surface area contributed by atoms with E-state index in [1.54, 1.807) is 7.11 Å². The van der Waals surface area contributed by atoms with Gasteiger partial charge in [-0.3, -0.25) is 0 Å². The number of ether oxygens (including phenoxy) is 2. The zero-order valence-corrected chi connectivity index (χ0v) is 8.76. The monoisotopic (exact) mass is 189 g/mol. The first-order chi connectivity index (χ1) is 6.41. The molecule has 0 aromatic rings. The molecule has 2 N–H and O–H groups in total. The molecule has 3 nitrogen and oxygen atoms in total. The van der Waals surface area contributed by atoms with E-state index < -0.39 is 0 Å². The number of rotatable bonds is 10. The normalized spacial score (nSPS) is 10.6. The molecule has 0 saturated heterocycles. The molecule has 0 aliphatic rings. The van der Waals surface area contributed by atoms with Crippen LogP contribution in [0.15, 0.2) is 0 Å². The molecule has 0 atom stereocenters. The Balaban J connectivity index is 2.76. The van der Waals surface area contributed by atoms with Crippen LogP contribution in [0.4, 0.5) is 0 Å². The van der Waals surface area contributed by atoms with E-state index in [0.717, 1.165) is 45.6 Å². The molecule has 0 saturated carbocycles. The average molecular weight is 189 g/mol. The first-order valence-corrected chi connectivity index (χ1v) is 5.18. The molecule has 0 fully saturated rings. The molecule has 3 heteroatoms. The Bertz CT molecular complexity index is 79.0. The van der Waals surface area contributed by atoms with E-state index in [-0.39, 0.29) is 0 Å². The summed E-state index contributed by atoms with van der Waals surface area (Å²) in [6, 6.07) is 0. The number of hydrogen-bond donors (Lipinski definition) is 1. The van der Waals surface area contributed by atoms with Gasteiger partial charge in [0.15, 0.2) is 0 Å². The number of nitrogens with two attached hydrogens (primary N) is 1. The van der Waals surface area contributed by atoms with Crippen LogP contribution in [0.1, 0.15) is 32.1 Å². The highest BCUT2D eigenvalue weighted by atomic mass is 16.5.